The summed E-state index contributed by atoms with van der Waals surface area (Å²) in [5.74, 6) is 0.0943. The number of rotatable bonds is 5. The van der Waals surface area contributed by atoms with Crippen molar-refractivity contribution in [1.29, 1.82) is 0 Å². The van der Waals surface area contributed by atoms with E-state index >= 15 is 0 Å². The first-order valence-electron chi connectivity index (χ1n) is 7.61. The number of hydrogen-bond acceptors (Lipinski definition) is 3. The molecule has 21 heavy (non-hydrogen) atoms. The Kier molecular flexibility index (Phi) is 5.37. The van der Waals surface area contributed by atoms with Crippen molar-refractivity contribution in [2.45, 2.75) is 45.9 Å². The molecule has 4 nitrogen and oxygen atoms in total. The summed E-state index contributed by atoms with van der Waals surface area (Å²) in [6.07, 6.45) is 2.22. The molecule has 0 bridgehead atoms. The van der Waals surface area contributed by atoms with Gasteiger partial charge in [0, 0.05) is 13.7 Å². The molecule has 0 aliphatic carbocycles. The Labute approximate surface area is 127 Å². The molecule has 116 valence electrons. The van der Waals surface area contributed by atoms with Crippen molar-refractivity contribution in [3.05, 3.63) is 35.4 Å². The van der Waals surface area contributed by atoms with E-state index in [1.165, 1.54) is 0 Å². The third-order valence-electron chi connectivity index (χ3n) is 4.16. The number of benzene rings is 1. The maximum atomic E-state index is 12.4. The van der Waals surface area contributed by atoms with Gasteiger partial charge in [-0.2, -0.15) is 0 Å². The van der Waals surface area contributed by atoms with Crippen LogP contribution in [0, 0.1) is 5.41 Å². The van der Waals surface area contributed by atoms with E-state index in [-0.39, 0.29) is 17.4 Å². The van der Waals surface area contributed by atoms with Crippen LogP contribution in [-0.4, -0.2) is 25.6 Å². The summed E-state index contributed by atoms with van der Waals surface area (Å²) in [7, 11) is 1.69. The van der Waals surface area contributed by atoms with Crippen LogP contribution in [0.1, 0.15) is 37.8 Å². The van der Waals surface area contributed by atoms with E-state index in [0.29, 0.717) is 13.2 Å². The second kappa shape index (κ2) is 7.05. The van der Waals surface area contributed by atoms with Crippen LogP contribution in [-0.2, 0) is 22.7 Å². The van der Waals surface area contributed by atoms with Crippen LogP contribution in [0.15, 0.2) is 24.3 Å². The molecule has 0 aromatic heterocycles. The topological polar surface area (TPSA) is 50.4 Å². The molecular weight excluding hydrogens is 264 g/mol. The molecular formula is C17H26N2O2. The lowest BCUT2D eigenvalue weighted by atomic mass is 9.77. The number of carbonyl (C=O) groups is 1. The Balaban J connectivity index is 1.93. The third-order valence-corrected chi connectivity index (χ3v) is 4.16. The van der Waals surface area contributed by atoms with Gasteiger partial charge in [0.25, 0.3) is 0 Å². The fraction of sp³-hybridized carbons (Fsp3) is 0.588. The minimum absolute atomic E-state index is 0.0141. The predicted octanol–water partition coefficient (Wildman–Crippen LogP) is 2.23. The highest BCUT2D eigenvalue weighted by molar-refractivity contribution is 5.82. The van der Waals surface area contributed by atoms with E-state index in [0.717, 1.165) is 30.5 Å². The highest BCUT2D eigenvalue weighted by Crippen LogP contribution is 2.30. The zero-order valence-electron chi connectivity index (χ0n) is 13.2. The number of piperidine rings is 1. The van der Waals surface area contributed by atoms with Gasteiger partial charge in [0.1, 0.15) is 0 Å². The van der Waals surface area contributed by atoms with E-state index < -0.39 is 0 Å². The molecule has 1 aliphatic rings. The number of ether oxygens (including phenoxy) is 1. The lowest BCUT2D eigenvalue weighted by Gasteiger charge is -2.38. The molecule has 0 spiro atoms. The van der Waals surface area contributed by atoms with E-state index in [2.05, 4.69) is 30.5 Å². The molecule has 1 aromatic rings. The minimum atomic E-state index is -0.103. The summed E-state index contributed by atoms with van der Waals surface area (Å²) in [6.45, 7) is 6.39. The molecule has 0 radical (unpaired) electrons. The Hall–Kier alpha value is -1.39. The van der Waals surface area contributed by atoms with Crippen molar-refractivity contribution in [2.75, 3.05) is 13.7 Å². The van der Waals surface area contributed by atoms with E-state index in [4.69, 9.17) is 4.74 Å². The highest BCUT2D eigenvalue weighted by Gasteiger charge is 2.36. The fourth-order valence-electron chi connectivity index (χ4n) is 2.95. The molecule has 1 unspecified atom stereocenters. The van der Waals surface area contributed by atoms with Crippen LogP contribution in [0.25, 0.3) is 0 Å². The predicted molar refractivity (Wildman–Crippen MR) is 83.8 cm³/mol. The Morgan fingerprint density at radius 2 is 2.19 bits per heavy atom. The lowest BCUT2D eigenvalue weighted by molar-refractivity contribution is -0.126. The first kappa shape index (κ1) is 16.0. The molecule has 1 heterocycles. The van der Waals surface area contributed by atoms with E-state index in [9.17, 15) is 4.79 Å². The summed E-state index contributed by atoms with van der Waals surface area (Å²) in [4.78, 5) is 12.4. The van der Waals surface area contributed by atoms with Crippen LogP contribution in [0.3, 0.4) is 0 Å². The summed E-state index contributed by atoms with van der Waals surface area (Å²) in [5, 5.41) is 6.40. The van der Waals surface area contributed by atoms with Gasteiger partial charge in [0.05, 0.1) is 12.6 Å². The van der Waals surface area contributed by atoms with Crippen LogP contribution in [0.2, 0.25) is 0 Å². The molecule has 0 saturated carbocycles. The molecule has 2 N–H and O–H groups in total. The Morgan fingerprint density at radius 1 is 1.43 bits per heavy atom. The first-order valence-corrected chi connectivity index (χ1v) is 7.61. The van der Waals surface area contributed by atoms with Crippen molar-refractivity contribution in [2.24, 2.45) is 5.41 Å². The van der Waals surface area contributed by atoms with Crippen molar-refractivity contribution >= 4 is 5.91 Å². The standard InChI is InChI=1S/C17H26N2O2/c1-17(2)8-5-9-18-15(17)16(20)19-11-13-6-4-7-14(10-13)12-21-3/h4,6-7,10,15,18H,5,8-9,11-12H2,1-3H3,(H,19,20). The quantitative estimate of drug-likeness (QED) is 0.874. The molecule has 1 fully saturated rings. The molecule has 1 aliphatic heterocycles. The first-order chi connectivity index (χ1) is 10.0. The SMILES string of the molecule is COCc1cccc(CNC(=O)C2NCCCC2(C)C)c1. The van der Waals surface area contributed by atoms with Crippen LogP contribution < -0.4 is 10.6 Å². The van der Waals surface area contributed by atoms with Gasteiger partial charge in [-0.3, -0.25) is 4.79 Å². The smallest absolute Gasteiger partial charge is 0.237 e. The average Bonchev–Trinajstić information content (AvgIpc) is 2.45. The summed E-state index contributed by atoms with van der Waals surface area (Å²) in [6, 6.07) is 8.02. The maximum Gasteiger partial charge on any atom is 0.237 e. The van der Waals surface area contributed by atoms with Gasteiger partial charge in [0.2, 0.25) is 5.91 Å². The van der Waals surface area contributed by atoms with Crippen LogP contribution in [0.4, 0.5) is 0 Å². The average molecular weight is 290 g/mol. The number of hydrogen-bond donors (Lipinski definition) is 2. The monoisotopic (exact) mass is 290 g/mol. The summed E-state index contributed by atoms with van der Waals surface area (Å²) < 4.78 is 5.13. The number of amides is 1. The van der Waals surface area contributed by atoms with Crippen LogP contribution in [0.5, 0.6) is 0 Å². The van der Waals surface area contributed by atoms with Crippen molar-refractivity contribution in [3.8, 4) is 0 Å². The number of nitrogens with one attached hydrogen (secondary N) is 2. The lowest BCUT2D eigenvalue weighted by Crippen LogP contribution is -2.55. The second-order valence-corrected chi connectivity index (χ2v) is 6.45. The molecule has 4 heteroatoms. The van der Waals surface area contributed by atoms with E-state index in [1.54, 1.807) is 7.11 Å². The van der Waals surface area contributed by atoms with Gasteiger partial charge in [-0.25, -0.2) is 0 Å². The third kappa shape index (κ3) is 4.29. The molecule has 2 rings (SSSR count). The molecule has 1 amide bonds. The number of carbonyl (C=O) groups excluding carboxylic acids is 1. The Bertz CT molecular complexity index is 485. The van der Waals surface area contributed by atoms with Gasteiger partial charge < -0.3 is 15.4 Å². The second-order valence-electron chi connectivity index (χ2n) is 6.45. The van der Waals surface area contributed by atoms with Gasteiger partial charge in [-0.1, -0.05) is 38.1 Å². The normalized spacial score (nSPS) is 21.0. The highest BCUT2D eigenvalue weighted by atomic mass is 16.5. The zero-order chi connectivity index (χ0) is 15.3. The van der Waals surface area contributed by atoms with Gasteiger partial charge in [-0.15, -0.1) is 0 Å². The summed E-state index contributed by atoms with van der Waals surface area (Å²) >= 11 is 0. The number of methoxy groups -OCH3 is 1. The van der Waals surface area contributed by atoms with Crippen molar-refractivity contribution in [1.82, 2.24) is 10.6 Å². The zero-order valence-corrected chi connectivity index (χ0v) is 13.2. The van der Waals surface area contributed by atoms with E-state index in [1.807, 2.05) is 18.2 Å². The molecule has 1 atom stereocenters. The maximum absolute atomic E-state index is 12.4. The minimum Gasteiger partial charge on any atom is -0.380 e. The van der Waals surface area contributed by atoms with Crippen molar-refractivity contribution < 1.29 is 9.53 Å². The summed E-state index contributed by atoms with van der Waals surface area (Å²) in [5.41, 5.74) is 2.24. The molecule has 1 saturated heterocycles. The van der Waals surface area contributed by atoms with Gasteiger partial charge in [0.15, 0.2) is 0 Å². The fourth-order valence-corrected chi connectivity index (χ4v) is 2.95. The van der Waals surface area contributed by atoms with Gasteiger partial charge in [-0.05, 0) is 35.9 Å². The Morgan fingerprint density at radius 3 is 2.90 bits per heavy atom. The van der Waals surface area contributed by atoms with Crippen molar-refractivity contribution in [3.63, 3.8) is 0 Å². The largest absolute Gasteiger partial charge is 0.380 e. The molecule has 1 aromatic carbocycles. The van der Waals surface area contributed by atoms with Crippen LogP contribution >= 0.6 is 0 Å². The van der Waals surface area contributed by atoms with Gasteiger partial charge >= 0.3 is 0 Å².